The van der Waals surface area contributed by atoms with Gasteiger partial charge in [-0.05, 0) is 74.2 Å². The second kappa shape index (κ2) is 8.86. The molecule has 8 heteroatoms. The molecule has 0 saturated carbocycles. The van der Waals surface area contributed by atoms with Crippen LogP contribution in [-0.4, -0.2) is 48.7 Å². The van der Waals surface area contributed by atoms with Crippen molar-refractivity contribution < 1.29 is 18.4 Å². The van der Waals surface area contributed by atoms with Crippen molar-refractivity contribution >= 4 is 34.2 Å². The molecular formula is C26H27ClFN3O3. The van der Waals surface area contributed by atoms with E-state index in [1.807, 2.05) is 11.0 Å². The number of piperidine rings is 1. The molecule has 3 aromatic rings. The van der Waals surface area contributed by atoms with E-state index in [0.717, 1.165) is 73.4 Å². The molecule has 0 N–H and O–H groups in total. The number of likely N-dealkylation sites (tertiary alicyclic amines) is 1. The van der Waals surface area contributed by atoms with Crippen molar-refractivity contribution in [2.75, 3.05) is 37.7 Å². The van der Waals surface area contributed by atoms with E-state index >= 15 is 0 Å². The Bertz CT molecular complexity index is 1240. The van der Waals surface area contributed by atoms with Gasteiger partial charge in [-0.25, -0.2) is 4.39 Å². The van der Waals surface area contributed by atoms with Crippen LogP contribution in [0.5, 0.6) is 5.75 Å². The minimum absolute atomic E-state index is 0.165. The number of anilines is 1. The summed E-state index contributed by atoms with van der Waals surface area (Å²) in [6, 6.07) is 8.73. The molecule has 0 bridgehead atoms. The first-order chi connectivity index (χ1) is 16.6. The monoisotopic (exact) mass is 483 g/mol. The summed E-state index contributed by atoms with van der Waals surface area (Å²) in [4.78, 5) is 16.5. The number of aryl methyl sites for hydroxylation is 1. The Balaban J connectivity index is 1.01. The molecule has 178 valence electrons. The van der Waals surface area contributed by atoms with E-state index in [2.05, 4.69) is 16.1 Å². The summed E-state index contributed by atoms with van der Waals surface area (Å²) in [6.07, 6.45) is 4.26. The lowest BCUT2D eigenvalue weighted by atomic mass is 9.91. The summed E-state index contributed by atoms with van der Waals surface area (Å²) < 4.78 is 24.9. The van der Waals surface area contributed by atoms with Gasteiger partial charge in [-0.3, -0.25) is 4.79 Å². The van der Waals surface area contributed by atoms with Gasteiger partial charge in [-0.15, -0.1) is 11.6 Å². The van der Waals surface area contributed by atoms with E-state index < -0.39 is 0 Å². The molecule has 0 spiro atoms. The van der Waals surface area contributed by atoms with Crippen LogP contribution in [0.4, 0.5) is 10.1 Å². The Hall–Kier alpha value is -2.64. The van der Waals surface area contributed by atoms with Crippen molar-refractivity contribution in [2.45, 2.75) is 43.4 Å². The summed E-state index contributed by atoms with van der Waals surface area (Å²) in [6.45, 7) is 4.19. The maximum Gasteiger partial charge on any atom is 0.227 e. The molecule has 0 aliphatic carbocycles. The highest BCUT2D eigenvalue weighted by molar-refractivity contribution is 6.23. The van der Waals surface area contributed by atoms with Crippen molar-refractivity contribution in [3.05, 3.63) is 53.0 Å². The summed E-state index contributed by atoms with van der Waals surface area (Å²) in [5.41, 5.74) is 4.68. The molecule has 6 rings (SSSR count). The van der Waals surface area contributed by atoms with Crippen molar-refractivity contribution in [3.8, 4) is 5.75 Å². The fourth-order valence-electron chi connectivity index (χ4n) is 5.62. The number of nitrogens with zero attached hydrogens (tertiary/aromatic N) is 3. The first-order valence-corrected chi connectivity index (χ1v) is 12.5. The predicted molar refractivity (Wildman–Crippen MR) is 128 cm³/mol. The summed E-state index contributed by atoms with van der Waals surface area (Å²) in [5, 5.41) is 5.00. The van der Waals surface area contributed by atoms with Crippen LogP contribution in [0.1, 0.15) is 53.8 Å². The van der Waals surface area contributed by atoms with Gasteiger partial charge in [0, 0.05) is 36.9 Å². The molecule has 3 aliphatic rings. The zero-order valence-corrected chi connectivity index (χ0v) is 19.7. The van der Waals surface area contributed by atoms with E-state index in [9.17, 15) is 9.18 Å². The van der Waals surface area contributed by atoms with Crippen LogP contribution in [-0.2, 0) is 11.2 Å². The average molecular weight is 484 g/mol. The Morgan fingerprint density at radius 2 is 2.03 bits per heavy atom. The Morgan fingerprint density at radius 1 is 1.18 bits per heavy atom. The number of rotatable bonds is 6. The molecular weight excluding hydrogens is 457 g/mol. The van der Waals surface area contributed by atoms with Crippen LogP contribution >= 0.6 is 11.6 Å². The van der Waals surface area contributed by atoms with E-state index in [1.54, 1.807) is 6.07 Å². The van der Waals surface area contributed by atoms with Crippen LogP contribution in [0.2, 0.25) is 0 Å². The normalized spacial score (nSPS) is 20.8. The van der Waals surface area contributed by atoms with Crippen LogP contribution in [0, 0.1) is 5.82 Å². The molecule has 1 amide bonds. The van der Waals surface area contributed by atoms with Gasteiger partial charge < -0.3 is 19.1 Å². The molecule has 1 aromatic heterocycles. The zero-order valence-electron chi connectivity index (χ0n) is 18.9. The number of aromatic nitrogens is 1. The Morgan fingerprint density at radius 3 is 2.88 bits per heavy atom. The molecule has 1 unspecified atom stereocenters. The van der Waals surface area contributed by atoms with E-state index in [0.29, 0.717) is 31.1 Å². The topological polar surface area (TPSA) is 58.8 Å². The summed E-state index contributed by atoms with van der Waals surface area (Å²) >= 11 is 6.52. The third-order valence-electron chi connectivity index (χ3n) is 7.37. The number of amides is 1. The van der Waals surface area contributed by atoms with Gasteiger partial charge in [0.05, 0.1) is 23.4 Å². The predicted octanol–water partition coefficient (Wildman–Crippen LogP) is 5.19. The molecule has 1 fully saturated rings. The fraction of sp³-hybridized carbons (Fsp3) is 0.462. The van der Waals surface area contributed by atoms with Crippen molar-refractivity contribution in [1.29, 1.82) is 0 Å². The number of fused-ring (bicyclic) bond motifs is 1. The van der Waals surface area contributed by atoms with Crippen molar-refractivity contribution in [1.82, 2.24) is 10.1 Å². The number of carbonyl (C=O) groups excluding carboxylic acids is 1. The Kier molecular flexibility index (Phi) is 5.70. The number of carbonyl (C=O) groups is 1. The Labute approximate surface area is 202 Å². The maximum absolute atomic E-state index is 13.4. The smallest absolute Gasteiger partial charge is 0.227 e. The quantitative estimate of drug-likeness (QED) is 0.357. The maximum atomic E-state index is 13.4. The molecule has 34 heavy (non-hydrogen) atoms. The molecule has 1 saturated heterocycles. The number of hydrogen-bond donors (Lipinski definition) is 0. The van der Waals surface area contributed by atoms with Crippen LogP contribution in [0.3, 0.4) is 0 Å². The fourth-order valence-corrected chi connectivity index (χ4v) is 5.92. The molecule has 4 heterocycles. The number of ether oxygens (including phenoxy) is 1. The third kappa shape index (κ3) is 3.95. The first-order valence-electron chi connectivity index (χ1n) is 12.1. The second-order valence-electron chi connectivity index (χ2n) is 9.52. The van der Waals surface area contributed by atoms with Gasteiger partial charge >= 0.3 is 0 Å². The van der Waals surface area contributed by atoms with E-state index in [-0.39, 0.29) is 17.1 Å². The van der Waals surface area contributed by atoms with E-state index in [4.69, 9.17) is 20.9 Å². The molecule has 6 nitrogen and oxygen atoms in total. The van der Waals surface area contributed by atoms with Gasteiger partial charge in [0.2, 0.25) is 5.91 Å². The third-order valence-corrected chi connectivity index (χ3v) is 7.75. The highest BCUT2D eigenvalue weighted by Crippen LogP contribution is 2.46. The minimum Gasteiger partial charge on any atom is -0.494 e. The van der Waals surface area contributed by atoms with Gasteiger partial charge in [0.25, 0.3) is 0 Å². The van der Waals surface area contributed by atoms with Gasteiger partial charge in [0.15, 0.2) is 5.58 Å². The summed E-state index contributed by atoms with van der Waals surface area (Å²) in [5.74, 6) is 1.06. The number of benzene rings is 2. The molecule has 3 aliphatic heterocycles. The highest BCUT2D eigenvalue weighted by atomic mass is 35.5. The van der Waals surface area contributed by atoms with Crippen LogP contribution in [0.25, 0.3) is 11.0 Å². The molecule has 2 aromatic carbocycles. The lowest BCUT2D eigenvalue weighted by Gasteiger charge is -2.31. The van der Waals surface area contributed by atoms with E-state index in [1.165, 1.54) is 17.7 Å². The highest BCUT2D eigenvalue weighted by Gasteiger charge is 2.36. The van der Waals surface area contributed by atoms with Crippen molar-refractivity contribution in [2.24, 2.45) is 0 Å². The van der Waals surface area contributed by atoms with Gasteiger partial charge in [-0.1, -0.05) is 5.16 Å². The second-order valence-corrected chi connectivity index (χ2v) is 10.0. The average Bonchev–Trinajstić information content (AvgIpc) is 3.41. The number of hydrogen-bond acceptors (Lipinski definition) is 5. The summed E-state index contributed by atoms with van der Waals surface area (Å²) in [7, 11) is 0. The van der Waals surface area contributed by atoms with Crippen LogP contribution < -0.4 is 9.64 Å². The molecule has 0 radical (unpaired) electrons. The molecule has 1 atom stereocenters. The zero-order chi connectivity index (χ0) is 23.2. The number of alkyl halides is 1. The number of halogens is 2. The standard InChI is InChI=1S/C26H27ClFN3O3/c27-22-15-31-24(32)5-2-17-12-19(14-21(22)26(17)31)33-11-1-8-30-9-6-16(7-10-30)25-20-4-3-18(28)13-23(20)34-29-25/h3-4,12-14,16,22H,1-2,5-11,15H2. The minimum atomic E-state index is -0.300. The van der Waals surface area contributed by atoms with Crippen molar-refractivity contribution in [3.63, 3.8) is 0 Å². The lowest BCUT2D eigenvalue weighted by Crippen LogP contribution is -2.34. The SMILES string of the molecule is O=C1CCc2cc(OCCCN3CCC(c4noc5cc(F)ccc45)CC3)cc3c2N1CC3Cl. The first kappa shape index (κ1) is 21.9. The van der Waals surface area contributed by atoms with Gasteiger partial charge in [0.1, 0.15) is 11.6 Å². The lowest BCUT2D eigenvalue weighted by molar-refractivity contribution is -0.118. The largest absolute Gasteiger partial charge is 0.494 e. The van der Waals surface area contributed by atoms with Crippen LogP contribution in [0.15, 0.2) is 34.9 Å². The van der Waals surface area contributed by atoms with Gasteiger partial charge in [-0.2, -0.15) is 0 Å².